The molecule has 0 bridgehead atoms. The first-order valence-corrected chi connectivity index (χ1v) is 11.7. The predicted molar refractivity (Wildman–Crippen MR) is 117 cm³/mol. The average molecular weight is 429 g/mol. The average Bonchev–Trinajstić information content (AvgIpc) is 3.50. The van der Waals surface area contributed by atoms with Crippen LogP contribution in [0.1, 0.15) is 25.3 Å². The molecule has 2 aromatic heterocycles. The fraction of sp³-hybridized carbons (Fsp3) is 0.381. The Hall–Kier alpha value is -2.16. The molecular formula is C21H24N4O2S2. The van der Waals surface area contributed by atoms with Gasteiger partial charge < -0.3 is 10.1 Å². The summed E-state index contributed by atoms with van der Waals surface area (Å²) >= 11 is 3.05. The number of hydrogen-bond acceptors (Lipinski definition) is 6. The summed E-state index contributed by atoms with van der Waals surface area (Å²) in [4.78, 5) is 13.6. The molecule has 1 aromatic carbocycles. The summed E-state index contributed by atoms with van der Waals surface area (Å²) in [6.07, 6.45) is 3.18. The first kappa shape index (κ1) is 20.1. The number of aromatic nitrogens is 3. The number of benzene rings is 1. The van der Waals surface area contributed by atoms with Crippen LogP contribution in [0.2, 0.25) is 0 Å². The molecule has 0 aliphatic carbocycles. The van der Waals surface area contributed by atoms with Gasteiger partial charge in [0, 0.05) is 12.3 Å². The molecule has 1 atom stereocenters. The second kappa shape index (κ2) is 9.56. The Morgan fingerprint density at radius 2 is 2.21 bits per heavy atom. The van der Waals surface area contributed by atoms with E-state index in [1.165, 1.54) is 11.8 Å². The largest absolute Gasteiger partial charge is 0.376 e. The monoisotopic (exact) mass is 428 g/mol. The van der Waals surface area contributed by atoms with E-state index in [4.69, 9.17) is 4.74 Å². The molecule has 8 heteroatoms. The molecule has 1 aliphatic heterocycles. The van der Waals surface area contributed by atoms with Gasteiger partial charge in [-0.3, -0.25) is 9.36 Å². The number of anilines is 1. The molecule has 1 unspecified atom stereocenters. The Balaban J connectivity index is 1.47. The van der Waals surface area contributed by atoms with Gasteiger partial charge in [0.05, 0.1) is 23.3 Å². The van der Waals surface area contributed by atoms with Crippen molar-refractivity contribution < 1.29 is 9.53 Å². The summed E-state index contributed by atoms with van der Waals surface area (Å²) in [5.74, 6) is 1.08. The van der Waals surface area contributed by atoms with Gasteiger partial charge in [-0.2, -0.15) is 0 Å². The number of nitrogens with zero attached hydrogens (tertiary/aromatic N) is 3. The van der Waals surface area contributed by atoms with Crippen LogP contribution in [-0.4, -0.2) is 39.1 Å². The number of thiophene rings is 1. The van der Waals surface area contributed by atoms with Gasteiger partial charge in [-0.15, -0.1) is 21.5 Å². The van der Waals surface area contributed by atoms with E-state index in [0.717, 1.165) is 53.0 Å². The summed E-state index contributed by atoms with van der Waals surface area (Å²) in [7, 11) is 0. The first-order chi connectivity index (χ1) is 14.2. The molecule has 0 radical (unpaired) electrons. The van der Waals surface area contributed by atoms with Crippen LogP contribution >= 0.6 is 23.1 Å². The fourth-order valence-corrected chi connectivity index (χ4v) is 4.87. The number of aryl methyl sites for hydroxylation is 1. The summed E-state index contributed by atoms with van der Waals surface area (Å²) < 4.78 is 7.92. The molecule has 1 N–H and O–H groups in total. The molecule has 1 saturated heterocycles. The van der Waals surface area contributed by atoms with Crippen molar-refractivity contribution in [2.45, 2.75) is 44.0 Å². The van der Waals surface area contributed by atoms with Crippen LogP contribution in [0, 0.1) is 0 Å². The van der Waals surface area contributed by atoms with Gasteiger partial charge in [-0.05, 0) is 42.3 Å². The minimum absolute atomic E-state index is 0.0414. The third kappa shape index (κ3) is 4.88. The highest BCUT2D eigenvalue weighted by atomic mass is 32.2. The van der Waals surface area contributed by atoms with Crippen molar-refractivity contribution in [3.63, 3.8) is 0 Å². The molecule has 3 aromatic rings. The Bertz CT molecular complexity index is 950. The quantitative estimate of drug-likeness (QED) is 0.536. The Morgan fingerprint density at radius 3 is 2.97 bits per heavy atom. The fourth-order valence-electron chi connectivity index (χ4n) is 3.41. The zero-order valence-electron chi connectivity index (χ0n) is 16.3. The number of para-hydroxylation sites is 1. The van der Waals surface area contributed by atoms with Crippen LogP contribution in [-0.2, 0) is 22.5 Å². The van der Waals surface area contributed by atoms with E-state index < -0.39 is 0 Å². The number of thioether (sulfide) groups is 1. The molecule has 0 spiro atoms. The third-order valence-electron chi connectivity index (χ3n) is 4.87. The van der Waals surface area contributed by atoms with Crippen molar-refractivity contribution in [2.24, 2.45) is 0 Å². The zero-order chi connectivity index (χ0) is 20.1. The summed E-state index contributed by atoms with van der Waals surface area (Å²) in [5, 5.41) is 14.6. The molecule has 4 rings (SSSR count). The first-order valence-electron chi connectivity index (χ1n) is 9.84. The van der Waals surface area contributed by atoms with Gasteiger partial charge in [0.15, 0.2) is 11.0 Å². The highest BCUT2D eigenvalue weighted by Crippen LogP contribution is 2.29. The molecule has 0 saturated carbocycles. The van der Waals surface area contributed by atoms with Crippen molar-refractivity contribution in [1.82, 2.24) is 14.8 Å². The standard InChI is InChI=1S/C21H24N4O2S2/c1-2-15-7-3-4-9-17(15)22-19(26)14-29-21-24-23-20(18-10-6-12-28-18)25(21)13-16-8-5-11-27-16/h3-4,6-7,9-10,12,16H,2,5,8,11,13-14H2,1H3,(H,22,26). The number of nitrogens with one attached hydrogen (secondary N) is 1. The topological polar surface area (TPSA) is 69.0 Å². The van der Waals surface area contributed by atoms with E-state index in [2.05, 4.69) is 27.0 Å². The number of carbonyl (C=O) groups is 1. The number of ether oxygens (including phenoxy) is 1. The highest BCUT2D eigenvalue weighted by Gasteiger charge is 2.22. The molecule has 1 aliphatic rings. The van der Waals surface area contributed by atoms with Gasteiger partial charge in [-0.25, -0.2) is 0 Å². The Labute approximate surface area is 178 Å². The predicted octanol–water partition coefficient (Wildman–Crippen LogP) is 4.48. The molecular weight excluding hydrogens is 404 g/mol. The van der Waals surface area contributed by atoms with Gasteiger partial charge >= 0.3 is 0 Å². The molecule has 29 heavy (non-hydrogen) atoms. The van der Waals surface area contributed by atoms with Crippen LogP contribution in [0.15, 0.2) is 46.9 Å². The second-order valence-corrected chi connectivity index (χ2v) is 8.77. The Morgan fingerprint density at radius 1 is 1.31 bits per heavy atom. The van der Waals surface area contributed by atoms with Crippen molar-refractivity contribution >= 4 is 34.7 Å². The maximum atomic E-state index is 12.5. The number of rotatable bonds is 8. The van der Waals surface area contributed by atoms with Crippen LogP contribution < -0.4 is 5.32 Å². The maximum Gasteiger partial charge on any atom is 0.234 e. The van der Waals surface area contributed by atoms with Gasteiger partial charge in [0.25, 0.3) is 0 Å². The normalized spacial score (nSPS) is 16.2. The molecule has 3 heterocycles. The van der Waals surface area contributed by atoms with Crippen molar-refractivity contribution in [3.05, 3.63) is 47.3 Å². The SMILES string of the molecule is CCc1ccccc1NC(=O)CSc1nnc(-c2cccs2)n1CC1CCCO1. The number of amides is 1. The number of carbonyl (C=O) groups excluding carboxylic acids is 1. The van der Waals surface area contributed by atoms with Crippen molar-refractivity contribution in [3.8, 4) is 10.7 Å². The lowest BCUT2D eigenvalue weighted by Gasteiger charge is -2.14. The van der Waals surface area contributed by atoms with E-state index in [-0.39, 0.29) is 17.8 Å². The smallest absolute Gasteiger partial charge is 0.234 e. The van der Waals surface area contributed by atoms with Crippen molar-refractivity contribution in [2.75, 3.05) is 17.7 Å². The van der Waals surface area contributed by atoms with Crippen molar-refractivity contribution in [1.29, 1.82) is 0 Å². The highest BCUT2D eigenvalue weighted by molar-refractivity contribution is 7.99. The lowest BCUT2D eigenvalue weighted by molar-refractivity contribution is -0.113. The number of hydrogen-bond donors (Lipinski definition) is 1. The Kier molecular flexibility index (Phi) is 6.63. The van der Waals surface area contributed by atoms with E-state index >= 15 is 0 Å². The van der Waals surface area contributed by atoms with E-state index in [1.54, 1.807) is 11.3 Å². The van der Waals surface area contributed by atoms with Gasteiger partial charge in [0.1, 0.15) is 0 Å². The van der Waals surface area contributed by atoms with Gasteiger partial charge in [0.2, 0.25) is 5.91 Å². The van der Waals surface area contributed by atoms with Crippen LogP contribution in [0.5, 0.6) is 0 Å². The van der Waals surface area contributed by atoms with E-state index in [9.17, 15) is 4.79 Å². The lowest BCUT2D eigenvalue weighted by Crippen LogP contribution is -2.18. The van der Waals surface area contributed by atoms with Crippen LogP contribution in [0.4, 0.5) is 5.69 Å². The molecule has 152 valence electrons. The molecule has 1 fully saturated rings. The summed E-state index contributed by atoms with van der Waals surface area (Å²) in [6, 6.07) is 12.0. The maximum absolute atomic E-state index is 12.5. The summed E-state index contributed by atoms with van der Waals surface area (Å²) in [5.41, 5.74) is 2.01. The summed E-state index contributed by atoms with van der Waals surface area (Å²) in [6.45, 7) is 3.60. The zero-order valence-corrected chi connectivity index (χ0v) is 18.0. The molecule has 6 nitrogen and oxygen atoms in total. The molecule has 1 amide bonds. The minimum atomic E-state index is -0.0414. The van der Waals surface area contributed by atoms with Crippen LogP contribution in [0.3, 0.4) is 0 Å². The lowest BCUT2D eigenvalue weighted by atomic mass is 10.1. The second-order valence-electron chi connectivity index (χ2n) is 6.88. The van der Waals surface area contributed by atoms with E-state index in [0.29, 0.717) is 6.54 Å². The van der Waals surface area contributed by atoms with Gasteiger partial charge in [-0.1, -0.05) is 43.0 Å². The minimum Gasteiger partial charge on any atom is -0.376 e. The van der Waals surface area contributed by atoms with E-state index in [1.807, 2.05) is 41.8 Å². The van der Waals surface area contributed by atoms with Crippen LogP contribution in [0.25, 0.3) is 10.7 Å². The third-order valence-corrected chi connectivity index (χ3v) is 6.71.